The fourth-order valence-electron chi connectivity index (χ4n) is 1.66. The smallest absolute Gasteiger partial charge is 0.333 e. The van der Waals surface area contributed by atoms with Crippen LogP contribution >= 0.6 is 0 Å². The molecule has 0 fully saturated rings. The van der Waals surface area contributed by atoms with Crippen LogP contribution in [-0.4, -0.2) is 51.4 Å². The topological polar surface area (TPSA) is 89.5 Å². The summed E-state index contributed by atoms with van der Waals surface area (Å²) in [5.41, 5.74) is 0.341. The molecule has 0 aromatic heterocycles. The van der Waals surface area contributed by atoms with Gasteiger partial charge in [0.2, 0.25) is 0 Å². The van der Waals surface area contributed by atoms with Gasteiger partial charge in [0.1, 0.15) is 6.10 Å². The lowest BCUT2D eigenvalue weighted by Crippen LogP contribution is -2.29. The minimum atomic E-state index is -0.615. The highest BCUT2D eigenvalue weighted by atomic mass is 16.7. The summed E-state index contributed by atoms with van der Waals surface area (Å²) >= 11 is 0. The van der Waals surface area contributed by atoms with Gasteiger partial charge in [0, 0.05) is 12.0 Å². The van der Waals surface area contributed by atoms with Crippen LogP contribution < -0.4 is 0 Å². The number of hydrogen-bond donors (Lipinski definition) is 0. The minimum Gasteiger partial charge on any atom is -0.473 e. The molecular formula is C20H32O8. The Morgan fingerprint density at radius 2 is 1.36 bits per heavy atom. The van der Waals surface area contributed by atoms with Gasteiger partial charge in [-0.2, -0.15) is 0 Å². The van der Waals surface area contributed by atoms with Crippen LogP contribution in [0.25, 0.3) is 0 Å². The molecule has 0 spiro atoms. The van der Waals surface area contributed by atoms with Crippen LogP contribution in [0.5, 0.6) is 0 Å². The Hall–Kier alpha value is -2.32. The molecule has 0 aliphatic carbocycles. The fraction of sp³-hybridized carbons (Fsp3) is 0.600. The normalized spacial score (nSPS) is 10.3. The van der Waals surface area contributed by atoms with Crippen molar-refractivity contribution < 1.29 is 38.0 Å². The number of hydrogen-bond acceptors (Lipinski definition) is 8. The Balaban J connectivity index is 4.16. The third-order valence-electron chi connectivity index (χ3n) is 3.04. The third kappa shape index (κ3) is 15.9. The van der Waals surface area contributed by atoms with Crippen LogP contribution in [0.15, 0.2) is 36.8 Å². The van der Waals surface area contributed by atoms with Gasteiger partial charge in [-0.05, 0) is 33.6 Å². The molecule has 0 atom stereocenters. The molecule has 0 heterocycles. The largest absolute Gasteiger partial charge is 0.473 e. The molecule has 8 nitrogen and oxygen atoms in total. The summed E-state index contributed by atoms with van der Waals surface area (Å²) in [6, 6.07) is 0. The summed E-state index contributed by atoms with van der Waals surface area (Å²) in [7, 11) is 0. The molecule has 8 heteroatoms. The molecule has 0 aliphatic heterocycles. The maximum atomic E-state index is 12.0. The first-order chi connectivity index (χ1) is 13.2. The molecule has 0 radical (unpaired) electrons. The third-order valence-corrected chi connectivity index (χ3v) is 3.04. The molecule has 0 amide bonds. The van der Waals surface area contributed by atoms with Gasteiger partial charge in [0.05, 0.1) is 31.3 Å². The van der Waals surface area contributed by atoms with E-state index >= 15 is 0 Å². The molecule has 0 bridgehead atoms. The number of carbonyl (C=O) groups excluding carboxylic acids is 2. The molecule has 0 saturated carbocycles. The van der Waals surface area contributed by atoms with E-state index < -0.39 is 18.0 Å². The van der Waals surface area contributed by atoms with E-state index in [1.54, 1.807) is 20.8 Å². The van der Waals surface area contributed by atoms with Gasteiger partial charge >= 0.3 is 11.9 Å². The lowest BCUT2D eigenvalue weighted by molar-refractivity contribution is -0.163. The number of allylic oxidation sites excluding steroid dienone is 2. The Bertz CT molecular complexity index is 504. The molecule has 0 saturated heterocycles. The molecule has 0 aliphatic rings. The van der Waals surface area contributed by atoms with Gasteiger partial charge in [-0.15, -0.1) is 0 Å². The Morgan fingerprint density at radius 3 is 1.82 bits per heavy atom. The average Bonchev–Trinajstić information content (AvgIpc) is 2.60. The first-order valence-corrected chi connectivity index (χ1v) is 8.96. The maximum absolute atomic E-state index is 12.0. The number of unbranched alkanes of at least 4 members (excludes halogenated alkanes) is 1. The zero-order valence-corrected chi connectivity index (χ0v) is 17.1. The zero-order valence-electron chi connectivity index (χ0n) is 17.1. The molecule has 0 rings (SSSR count). The van der Waals surface area contributed by atoms with Gasteiger partial charge < -0.3 is 28.4 Å². The monoisotopic (exact) mass is 400 g/mol. The lowest BCUT2D eigenvalue weighted by atomic mass is 10.2. The average molecular weight is 400 g/mol. The highest BCUT2D eigenvalue weighted by Gasteiger charge is 2.16. The summed E-state index contributed by atoms with van der Waals surface area (Å²) in [5.74, 6) is 0.204. The van der Waals surface area contributed by atoms with Crippen molar-refractivity contribution in [2.75, 3.05) is 33.4 Å². The van der Waals surface area contributed by atoms with Crippen molar-refractivity contribution in [1.29, 1.82) is 0 Å². The molecule has 0 aromatic rings. The molecule has 0 N–H and O–H groups in total. The SMILES string of the molecule is C=C(C)OCOCC(COCOC(=C)C)OC(=O)CCCCOC(=O)C(=C)C. The highest BCUT2D eigenvalue weighted by Crippen LogP contribution is 2.05. The maximum Gasteiger partial charge on any atom is 0.333 e. The van der Waals surface area contributed by atoms with Crippen LogP contribution in [0.1, 0.15) is 40.0 Å². The van der Waals surface area contributed by atoms with E-state index in [2.05, 4.69) is 19.7 Å². The Labute approximate surface area is 167 Å². The molecule has 28 heavy (non-hydrogen) atoms. The second-order valence-corrected chi connectivity index (χ2v) is 6.16. The fourth-order valence-corrected chi connectivity index (χ4v) is 1.66. The van der Waals surface area contributed by atoms with Gasteiger partial charge in [0.15, 0.2) is 13.6 Å². The van der Waals surface area contributed by atoms with E-state index in [1.165, 1.54) is 0 Å². The van der Waals surface area contributed by atoms with Gasteiger partial charge in [-0.25, -0.2) is 4.79 Å². The second kappa shape index (κ2) is 15.7. The van der Waals surface area contributed by atoms with E-state index in [0.29, 0.717) is 29.9 Å². The predicted molar refractivity (Wildman–Crippen MR) is 103 cm³/mol. The summed E-state index contributed by atoms with van der Waals surface area (Å²) in [5, 5.41) is 0. The zero-order chi connectivity index (χ0) is 21.4. The van der Waals surface area contributed by atoms with Crippen molar-refractivity contribution in [2.45, 2.75) is 46.1 Å². The minimum absolute atomic E-state index is 0.000261. The van der Waals surface area contributed by atoms with Gasteiger partial charge in [-0.1, -0.05) is 19.7 Å². The van der Waals surface area contributed by atoms with Crippen LogP contribution in [0.3, 0.4) is 0 Å². The molecule has 160 valence electrons. The molecule has 0 unspecified atom stereocenters. The van der Waals surface area contributed by atoms with Crippen LogP contribution in [0.2, 0.25) is 0 Å². The van der Waals surface area contributed by atoms with Crippen LogP contribution in [0, 0.1) is 0 Å². The summed E-state index contributed by atoms with van der Waals surface area (Å²) in [6.45, 7) is 16.1. The van der Waals surface area contributed by atoms with Crippen LogP contribution in [-0.2, 0) is 38.0 Å². The standard InChI is InChI=1S/C20H32O8/c1-15(2)20(22)25-10-8-7-9-19(21)28-18(11-23-13-26-16(3)4)12-24-14-27-17(5)6/h18H,1,3,5,7-14H2,2,4,6H3. The molecule has 0 aromatic carbocycles. The Morgan fingerprint density at radius 1 is 0.821 bits per heavy atom. The quantitative estimate of drug-likeness (QED) is 0.121. The first kappa shape index (κ1) is 25.7. The first-order valence-electron chi connectivity index (χ1n) is 8.96. The van der Waals surface area contributed by atoms with E-state index in [9.17, 15) is 9.59 Å². The van der Waals surface area contributed by atoms with Crippen LogP contribution in [0.4, 0.5) is 0 Å². The highest BCUT2D eigenvalue weighted by molar-refractivity contribution is 5.86. The van der Waals surface area contributed by atoms with Crippen molar-refractivity contribution in [3.05, 3.63) is 36.8 Å². The summed E-state index contributed by atoms with van der Waals surface area (Å²) < 4.78 is 31.2. The van der Waals surface area contributed by atoms with E-state index in [-0.39, 0.29) is 39.8 Å². The number of esters is 2. The van der Waals surface area contributed by atoms with Crippen molar-refractivity contribution in [1.82, 2.24) is 0 Å². The summed E-state index contributed by atoms with van der Waals surface area (Å²) in [4.78, 5) is 23.2. The van der Waals surface area contributed by atoms with Crippen molar-refractivity contribution >= 4 is 11.9 Å². The number of ether oxygens (including phenoxy) is 6. The van der Waals surface area contributed by atoms with E-state index in [0.717, 1.165) is 0 Å². The van der Waals surface area contributed by atoms with Crippen molar-refractivity contribution in [2.24, 2.45) is 0 Å². The summed E-state index contributed by atoms with van der Waals surface area (Å²) in [6.07, 6.45) is 0.640. The Kier molecular flexibility index (Phi) is 14.4. The number of carbonyl (C=O) groups is 2. The second-order valence-electron chi connectivity index (χ2n) is 6.16. The van der Waals surface area contributed by atoms with Gasteiger partial charge in [0.25, 0.3) is 0 Å². The molecular weight excluding hydrogens is 368 g/mol. The van der Waals surface area contributed by atoms with Crippen molar-refractivity contribution in [3.63, 3.8) is 0 Å². The van der Waals surface area contributed by atoms with E-state index in [1.807, 2.05) is 0 Å². The number of rotatable bonds is 17. The lowest BCUT2D eigenvalue weighted by Gasteiger charge is -2.18. The predicted octanol–water partition coefficient (Wildman–Crippen LogP) is 3.24. The van der Waals surface area contributed by atoms with Crippen molar-refractivity contribution in [3.8, 4) is 0 Å². The van der Waals surface area contributed by atoms with E-state index in [4.69, 9.17) is 28.4 Å². The van der Waals surface area contributed by atoms with Gasteiger partial charge in [-0.3, -0.25) is 4.79 Å².